The number of thiophene rings is 1. The maximum Gasteiger partial charge on any atom is 0.286 e. The summed E-state index contributed by atoms with van der Waals surface area (Å²) in [4.78, 5) is 14.0. The van der Waals surface area contributed by atoms with Gasteiger partial charge in [0.1, 0.15) is 21.9 Å². The summed E-state index contributed by atoms with van der Waals surface area (Å²) in [6, 6.07) is 17.2. The van der Waals surface area contributed by atoms with Crippen LogP contribution < -0.4 is 15.6 Å². The number of amidine groups is 1. The summed E-state index contributed by atoms with van der Waals surface area (Å²) in [6.45, 7) is 0.124. The number of nitrogens with zero attached hydrogens (tertiary/aromatic N) is 3. The van der Waals surface area contributed by atoms with Crippen LogP contribution in [-0.2, 0) is 16.6 Å². The van der Waals surface area contributed by atoms with Crippen molar-refractivity contribution >= 4 is 32.9 Å². The van der Waals surface area contributed by atoms with Crippen LogP contribution in [0.2, 0.25) is 0 Å². The lowest BCUT2D eigenvalue weighted by atomic mass is 10.1. The highest BCUT2D eigenvalue weighted by Crippen LogP contribution is 2.35. The quantitative estimate of drug-likeness (QED) is 0.436. The third-order valence-corrected chi connectivity index (χ3v) is 7.42. The second-order valence-electron chi connectivity index (χ2n) is 7.40. The molecule has 2 N–H and O–H groups in total. The molecule has 34 heavy (non-hydrogen) atoms. The Kier molecular flexibility index (Phi) is 5.42. The smallest absolute Gasteiger partial charge is 0.286 e. The van der Waals surface area contributed by atoms with Gasteiger partial charge in [0.15, 0.2) is 11.6 Å². The van der Waals surface area contributed by atoms with Crippen molar-refractivity contribution in [2.24, 2.45) is 4.40 Å². The molecular formula is C23H18N4O5S2. The molecule has 0 fully saturated rings. The summed E-state index contributed by atoms with van der Waals surface area (Å²) >= 11 is 1.33. The first kappa shape index (κ1) is 21.9. The number of methoxy groups -OCH3 is 1. The third-order valence-electron chi connectivity index (χ3n) is 5.23. The van der Waals surface area contributed by atoms with Crippen molar-refractivity contribution in [3.05, 3.63) is 87.5 Å². The molecule has 1 aliphatic heterocycles. The van der Waals surface area contributed by atoms with E-state index in [0.717, 1.165) is 5.56 Å². The Morgan fingerprint density at radius 2 is 1.91 bits per heavy atom. The molecule has 172 valence electrons. The highest BCUT2D eigenvalue weighted by Gasteiger charge is 2.31. The molecule has 3 heterocycles. The van der Waals surface area contributed by atoms with Gasteiger partial charge in [0.05, 0.1) is 24.2 Å². The highest BCUT2D eigenvalue weighted by atomic mass is 32.2. The number of benzene rings is 2. The molecule has 2 aromatic carbocycles. The van der Waals surface area contributed by atoms with Crippen molar-refractivity contribution < 1.29 is 18.3 Å². The summed E-state index contributed by atoms with van der Waals surface area (Å²) in [5.41, 5.74) is 0.227. The Labute approximate surface area is 198 Å². The Balaban J connectivity index is 1.71. The molecular weight excluding hydrogens is 476 g/mol. The second-order valence-corrected chi connectivity index (χ2v) is 9.92. The van der Waals surface area contributed by atoms with Gasteiger partial charge in [-0.2, -0.15) is 13.5 Å². The molecule has 0 saturated heterocycles. The largest absolute Gasteiger partial charge is 0.505 e. The second kappa shape index (κ2) is 8.43. The van der Waals surface area contributed by atoms with Gasteiger partial charge in [-0.25, -0.2) is 4.68 Å². The number of aromatic nitrogens is 2. The number of anilines is 1. The summed E-state index contributed by atoms with van der Waals surface area (Å²) in [5.74, 6) is -0.378. The lowest BCUT2D eigenvalue weighted by molar-refractivity contribution is 0.413. The van der Waals surface area contributed by atoms with Gasteiger partial charge in [-0.1, -0.05) is 36.4 Å². The molecule has 5 rings (SSSR count). The van der Waals surface area contributed by atoms with Crippen LogP contribution in [0.25, 0.3) is 10.6 Å². The monoisotopic (exact) mass is 494 g/mol. The maximum absolute atomic E-state index is 13.4. The highest BCUT2D eigenvalue weighted by molar-refractivity contribution is 7.90. The van der Waals surface area contributed by atoms with Gasteiger partial charge in [-0.3, -0.25) is 4.79 Å². The Hall–Kier alpha value is -3.96. The lowest BCUT2D eigenvalue weighted by Crippen LogP contribution is -2.34. The topological polar surface area (TPSA) is 123 Å². The molecule has 0 bridgehead atoms. The molecule has 0 radical (unpaired) electrons. The summed E-state index contributed by atoms with van der Waals surface area (Å²) < 4.78 is 36.0. The molecule has 11 heteroatoms. The van der Waals surface area contributed by atoms with E-state index in [0.29, 0.717) is 10.6 Å². The SMILES string of the molecule is COc1ccc2c(c1)S(=O)(=O)N=C(c1c(O)c(-c3cccs3)nn(Cc3ccccc3)c1=O)N2. The van der Waals surface area contributed by atoms with E-state index in [2.05, 4.69) is 14.8 Å². The minimum atomic E-state index is -4.18. The molecule has 9 nitrogen and oxygen atoms in total. The van der Waals surface area contributed by atoms with Crippen LogP contribution in [0, 0.1) is 0 Å². The standard InChI is InChI=1S/C23H18N4O5S2/c1-32-15-9-10-16-18(12-15)34(30,31)26-22(24-16)19-21(28)20(17-8-5-11-33-17)25-27(23(19)29)13-14-6-3-2-4-7-14/h2-12,28H,13H2,1H3,(H,24,26). The van der Waals surface area contributed by atoms with Gasteiger partial charge in [0.2, 0.25) is 0 Å². The van der Waals surface area contributed by atoms with Gasteiger partial charge in [0, 0.05) is 6.07 Å². The minimum Gasteiger partial charge on any atom is -0.505 e. The van der Waals surface area contributed by atoms with Crippen molar-refractivity contribution in [3.63, 3.8) is 0 Å². The zero-order chi connectivity index (χ0) is 23.9. The van der Waals surface area contributed by atoms with E-state index in [1.807, 2.05) is 35.7 Å². The van der Waals surface area contributed by atoms with Gasteiger partial charge in [-0.05, 0) is 29.1 Å². The number of sulfonamides is 1. The van der Waals surface area contributed by atoms with Crippen LogP contribution in [0.3, 0.4) is 0 Å². The number of hydrogen-bond donors (Lipinski definition) is 2. The Morgan fingerprint density at radius 1 is 1.12 bits per heavy atom. The van der Waals surface area contributed by atoms with Crippen LogP contribution >= 0.6 is 11.3 Å². The van der Waals surface area contributed by atoms with E-state index >= 15 is 0 Å². The molecule has 0 amide bonds. The summed E-state index contributed by atoms with van der Waals surface area (Å²) in [5, 5.41) is 20.2. The average Bonchev–Trinajstić information content (AvgIpc) is 3.36. The molecule has 0 atom stereocenters. The van der Waals surface area contributed by atoms with E-state index in [4.69, 9.17) is 4.74 Å². The van der Waals surface area contributed by atoms with Crippen LogP contribution in [0.15, 0.2) is 80.1 Å². The zero-order valence-electron chi connectivity index (χ0n) is 17.8. The molecule has 1 aliphatic rings. The average molecular weight is 495 g/mol. The van der Waals surface area contributed by atoms with Gasteiger partial charge >= 0.3 is 0 Å². The number of nitrogens with one attached hydrogen (secondary N) is 1. The Bertz CT molecular complexity index is 1580. The Morgan fingerprint density at radius 3 is 2.62 bits per heavy atom. The fourth-order valence-corrected chi connectivity index (χ4v) is 5.44. The molecule has 0 aliphatic carbocycles. The van der Waals surface area contributed by atoms with E-state index in [1.54, 1.807) is 18.2 Å². The molecule has 0 spiro atoms. The number of ether oxygens (including phenoxy) is 1. The minimum absolute atomic E-state index is 0.0905. The number of rotatable bonds is 5. The third kappa shape index (κ3) is 3.84. The van der Waals surface area contributed by atoms with Crippen LogP contribution in [0.1, 0.15) is 11.1 Å². The molecule has 4 aromatic rings. The first-order valence-corrected chi connectivity index (χ1v) is 12.4. The van der Waals surface area contributed by atoms with Crippen molar-refractivity contribution in [2.45, 2.75) is 11.4 Å². The number of hydrogen-bond acceptors (Lipinski definition) is 8. The van der Waals surface area contributed by atoms with Crippen molar-refractivity contribution in [3.8, 4) is 22.1 Å². The van der Waals surface area contributed by atoms with E-state index in [9.17, 15) is 18.3 Å². The van der Waals surface area contributed by atoms with Crippen molar-refractivity contribution in [1.82, 2.24) is 9.78 Å². The van der Waals surface area contributed by atoms with Gasteiger partial charge < -0.3 is 15.2 Å². The number of fused-ring (bicyclic) bond motifs is 1. The molecule has 2 aromatic heterocycles. The van der Waals surface area contributed by atoms with Gasteiger partial charge in [-0.15, -0.1) is 15.7 Å². The van der Waals surface area contributed by atoms with Crippen LogP contribution in [-0.4, -0.2) is 36.3 Å². The maximum atomic E-state index is 13.4. The molecule has 0 unspecified atom stereocenters. The van der Waals surface area contributed by atoms with E-state index in [-0.39, 0.29) is 34.2 Å². The zero-order valence-corrected chi connectivity index (χ0v) is 19.4. The van der Waals surface area contributed by atoms with Crippen molar-refractivity contribution in [1.29, 1.82) is 0 Å². The first-order chi connectivity index (χ1) is 16.4. The fourth-order valence-electron chi connectivity index (χ4n) is 3.59. The van der Waals surface area contributed by atoms with E-state index < -0.39 is 21.3 Å². The predicted octanol–water partition coefficient (Wildman–Crippen LogP) is 3.30. The van der Waals surface area contributed by atoms with Crippen molar-refractivity contribution in [2.75, 3.05) is 12.4 Å². The lowest BCUT2D eigenvalue weighted by Gasteiger charge is -2.20. The molecule has 0 saturated carbocycles. The summed E-state index contributed by atoms with van der Waals surface area (Å²) in [6.07, 6.45) is 0. The van der Waals surface area contributed by atoms with Crippen LogP contribution in [0.5, 0.6) is 11.5 Å². The summed E-state index contributed by atoms with van der Waals surface area (Å²) in [7, 11) is -2.75. The predicted molar refractivity (Wildman–Crippen MR) is 129 cm³/mol. The normalized spacial score (nSPS) is 14.1. The first-order valence-electron chi connectivity index (χ1n) is 10.1. The number of aromatic hydroxyl groups is 1. The van der Waals surface area contributed by atoms with Gasteiger partial charge in [0.25, 0.3) is 15.6 Å². The van der Waals surface area contributed by atoms with E-state index in [1.165, 1.54) is 35.3 Å². The van der Waals surface area contributed by atoms with Crippen LogP contribution in [0.4, 0.5) is 5.69 Å². The fraction of sp³-hybridized carbons (Fsp3) is 0.0870.